The van der Waals surface area contributed by atoms with Crippen LogP contribution in [-0.4, -0.2) is 46.3 Å². The highest BCUT2D eigenvalue weighted by atomic mass is 16.2. The Hall–Kier alpha value is -2.99. The second-order valence-corrected chi connectivity index (χ2v) is 8.39. The summed E-state index contributed by atoms with van der Waals surface area (Å²) in [6.45, 7) is 4.79. The van der Waals surface area contributed by atoms with Gasteiger partial charge < -0.3 is 10.2 Å². The van der Waals surface area contributed by atoms with E-state index in [2.05, 4.69) is 39.6 Å². The molecule has 1 amide bonds. The summed E-state index contributed by atoms with van der Waals surface area (Å²) in [5, 5.41) is 8.91. The molecule has 162 valence electrons. The van der Waals surface area contributed by atoms with Gasteiger partial charge in [-0.1, -0.05) is 48.5 Å². The SMILES string of the molecule is Cc1nn(CC(=O)N[C@@H]2CCCN(CCCc3ccccc3)C2)c(=O)c2ccccc12. The first-order valence-corrected chi connectivity index (χ1v) is 11.1. The number of carbonyl (C=O) groups is 1. The molecule has 0 radical (unpaired) electrons. The van der Waals surface area contributed by atoms with Crippen LogP contribution in [-0.2, 0) is 17.8 Å². The number of amides is 1. The fourth-order valence-electron chi connectivity index (χ4n) is 4.45. The third-order valence-corrected chi connectivity index (χ3v) is 6.00. The summed E-state index contributed by atoms with van der Waals surface area (Å²) in [5.74, 6) is -0.152. The highest BCUT2D eigenvalue weighted by molar-refractivity contribution is 5.83. The molecule has 3 aromatic rings. The molecule has 4 rings (SSSR count). The maximum Gasteiger partial charge on any atom is 0.275 e. The van der Waals surface area contributed by atoms with Crippen LogP contribution in [0.15, 0.2) is 59.4 Å². The first-order chi connectivity index (χ1) is 15.1. The zero-order valence-corrected chi connectivity index (χ0v) is 18.1. The van der Waals surface area contributed by atoms with Crippen LogP contribution in [0.25, 0.3) is 10.8 Å². The van der Waals surface area contributed by atoms with E-state index in [1.165, 1.54) is 10.2 Å². The number of nitrogens with zero attached hydrogens (tertiary/aromatic N) is 3. The molecule has 31 heavy (non-hydrogen) atoms. The lowest BCUT2D eigenvalue weighted by molar-refractivity contribution is -0.123. The van der Waals surface area contributed by atoms with E-state index in [0.717, 1.165) is 56.4 Å². The minimum absolute atomic E-state index is 0.0466. The number of carbonyl (C=O) groups excluding carboxylic acids is 1. The van der Waals surface area contributed by atoms with Gasteiger partial charge in [0.05, 0.1) is 11.1 Å². The smallest absolute Gasteiger partial charge is 0.275 e. The molecule has 0 unspecified atom stereocenters. The number of aromatic nitrogens is 2. The number of hydrogen-bond donors (Lipinski definition) is 1. The van der Waals surface area contributed by atoms with Crippen LogP contribution in [0.4, 0.5) is 0 Å². The van der Waals surface area contributed by atoms with Crippen LogP contribution in [0.2, 0.25) is 0 Å². The molecule has 1 aliphatic rings. The van der Waals surface area contributed by atoms with Gasteiger partial charge in [0, 0.05) is 18.0 Å². The average Bonchev–Trinajstić information content (AvgIpc) is 2.78. The zero-order valence-electron chi connectivity index (χ0n) is 18.1. The number of nitrogens with one attached hydrogen (secondary N) is 1. The molecule has 0 bridgehead atoms. The number of likely N-dealkylation sites (tertiary alicyclic amines) is 1. The molecule has 1 fully saturated rings. The van der Waals surface area contributed by atoms with Gasteiger partial charge in [0.2, 0.25) is 5.91 Å². The van der Waals surface area contributed by atoms with Crippen LogP contribution >= 0.6 is 0 Å². The van der Waals surface area contributed by atoms with Gasteiger partial charge in [-0.2, -0.15) is 5.10 Å². The summed E-state index contributed by atoms with van der Waals surface area (Å²) in [6.07, 6.45) is 4.23. The largest absolute Gasteiger partial charge is 0.350 e. The summed E-state index contributed by atoms with van der Waals surface area (Å²) in [4.78, 5) is 27.8. The molecule has 2 aromatic carbocycles. The monoisotopic (exact) mass is 418 g/mol. The molecule has 2 heterocycles. The lowest BCUT2D eigenvalue weighted by atomic mass is 10.0. The molecular weight excluding hydrogens is 388 g/mol. The quantitative estimate of drug-likeness (QED) is 0.641. The number of rotatable bonds is 7. The van der Waals surface area contributed by atoms with E-state index in [0.29, 0.717) is 5.39 Å². The average molecular weight is 419 g/mol. The highest BCUT2D eigenvalue weighted by Crippen LogP contribution is 2.13. The summed E-state index contributed by atoms with van der Waals surface area (Å²) in [7, 11) is 0. The Balaban J connectivity index is 1.31. The summed E-state index contributed by atoms with van der Waals surface area (Å²) in [6, 6.07) is 18.1. The van der Waals surface area contributed by atoms with E-state index >= 15 is 0 Å². The van der Waals surface area contributed by atoms with Crippen molar-refractivity contribution < 1.29 is 4.79 Å². The van der Waals surface area contributed by atoms with E-state index in [1.807, 2.05) is 31.2 Å². The molecule has 1 saturated heterocycles. The second-order valence-electron chi connectivity index (χ2n) is 8.39. The fraction of sp³-hybridized carbons (Fsp3) is 0.400. The van der Waals surface area contributed by atoms with E-state index in [-0.39, 0.29) is 24.1 Å². The predicted octanol–water partition coefficient (Wildman–Crippen LogP) is 2.92. The number of piperidine rings is 1. The van der Waals surface area contributed by atoms with E-state index in [4.69, 9.17) is 0 Å². The molecule has 0 aliphatic carbocycles. The molecule has 1 aliphatic heterocycles. The van der Waals surface area contributed by atoms with E-state index in [9.17, 15) is 9.59 Å². The van der Waals surface area contributed by atoms with Crippen molar-refractivity contribution in [3.63, 3.8) is 0 Å². The van der Waals surface area contributed by atoms with Crippen molar-refractivity contribution in [2.75, 3.05) is 19.6 Å². The lowest BCUT2D eigenvalue weighted by Gasteiger charge is -2.33. The normalized spacial score (nSPS) is 17.0. The first kappa shape index (κ1) is 21.2. The van der Waals surface area contributed by atoms with Crippen molar-refractivity contribution >= 4 is 16.7 Å². The third-order valence-electron chi connectivity index (χ3n) is 6.00. The first-order valence-electron chi connectivity index (χ1n) is 11.1. The Bertz CT molecular complexity index is 1090. The van der Waals surface area contributed by atoms with Gasteiger partial charge in [-0.15, -0.1) is 0 Å². The molecule has 1 N–H and O–H groups in total. The van der Waals surface area contributed by atoms with Crippen LogP contribution < -0.4 is 10.9 Å². The summed E-state index contributed by atoms with van der Waals surface area (Å²) in [5.41, 5.74) is 1.90. The van der Waals surface area contributed by atoms with Gasteiger partial charge in [0.25, 0.3) is 5.56 Å². The molecular formula is C25H30N4O2. The highest BCUT2D eigenvalue weighted by Gasteiger charge is 2.21. The fourth-order valence-corrected chi connectivity index (χ4v) is 4.45. The maximum absolute atomic E-state index is 12.7. The van der Waals surface area contributed by atoms with Crippen molar-refractivity contribution in [1.82, 2.24) is 20.0 Å². The molecule has 1 atom stereocenters. The van der Waals surface area contributed by atoms with E-state index < -0.39 is 0 Å². The lowest BCUT2D eigenvalue weighted by Crippen LogP contribution is -2.49. The number of hydrogen-bond acceptors (Lipinski definition) is 4. The van der Waals surface area contributed by atoms with Crippen LogP contribution in [0.3, 0.4) is 0 Å². The zero-order chi connectivity index (χ0) is 21.6. The Morgan fingerprint density at radius 3 is 2.65 bits per heavy atom. The predicted molar refractivity (Wildman–Crippen MR) is 123 cm³/mol. The number of fused-ring (bicyclic) bond motifs is 1. The number of benzene rings is 2. The molecule has 6 heteroatoms. The van der Waals surface area contributed by atoms with Gasteiger partial charge in [-0.25, -0.2) is 4.68 Å². The molecule has 1 aromatic heterocycles. The van der Waals surface area contributed by atoms with Crippen LogP contribution in [0, 0.1) is 6.92 Å². The second kappa shape index (κ2) is 9.88. The minimum atomic E-state index is -0.220. The standard InChI is InChI=1S/C25H30N4O2/c1-19-22-13-5-6-14-23(22)25(31)29(27-19)18-24(30)26-21-12-8-16-28(17-21)15-7-11-20-9-3-2-4-10-20/h2-6,9-10,13-14,21H,7-8,11-12,15-18H2,1H3,(H,26,30)/t21-/m1/s1. The molecule has 6 nitrogen and oxygen atoms in total. The van der Waals surface area contributed by atoms with Crippen molar-refractivity contribution in [1.29, 1.82) is 0 Å². The van der Waals surface area contributed by atoms with Gasteiger partial charge >= 0.3 is 0 Å². The molecule has 0 spiro atoms. The van der Waals surface area contributed by atoms with E-state index in [1.54, 1.807) is 6.07 Å². The van der Waals surface area contributed by atoms with Gasteiger partial charge in [0.1, 0.15) is 6.54 Å². The van der Waals surface area contributed by atoms with Gasteiger partial charge in [-0.3, -0.25) is 9.59 Å². The maximum atomic E-state index is 12.7. The summed E-state index contributed by atoms with van der Waals surface area (Å²) >= 11 is 0. The van der Waals surface area contributed by atoms with Crippen molar-refractivity contribution in [2.24, 2.45) is 0 Å². The number of aryl methyl sites for hydroxylation is 2. The van der Waals surface area contributed by atoms with Crippen molar-refractivity contribution in [2.45, 2.75) is 45.2 Å². The van der Waals surface area contributed by atoms with Crippen LogP contribution in [0.5, 0.6) is 0 Å². The topological polar surface area (TPSA) is 67.2 Å². The van der Waals surface area contributed by atoms with Gasteiger partial charge in [-0.05, 0) is 57.3 Å². The third kappa shape index (κ3) is 5.39. The van der Waals surface area contributed by atoms with Crippen LogP contribution in [0.1, 0.15) is 30.5 Å². The Labute approximate surface area is 182 Å². The summed E-state index contributed by atoms with van der Waals surface area (Å²) < 4.78 is 1.29. The minimum Gasteiger partial charge on any atom is -0.350 e. The van der Waals surface area contributed by atoms with Gasteiger partial charge in [0.15, 0.2) is 0 Å². The van der Waals surface area contributed by atoms with Crippen molar-refractivity contribution in [3.8, 4) is 0 Å². The Kier molecular flexibility index (Phi) is 6.77. The Morgan fingerprint density at radius 1 is 1.10 bits per heavy atom. The van der Waals surface area contributed by atoms with Crippen molar-refractivity contribution in [3.05, 3.63) is 76.2 Å². The Morgan fingerprint density at radius 2 is 1.84 bits per heavy atom. The molecule has 0 saturated carbocycles.